The second-order valence-corrected chi connectivity index (χ2v) is 11.4. The van der Waals surface area contributed by atoms with Crippen LogP contribution in [0.3, 0.4) is 0 Å². The molecule has 0 aliphatic heterocycles. The van der Waals surface area contributed by atoms with Crippen molar-refractivity contribution in [3.05, 3.63) is 84.2 Å². The predicted molar refractivity (Wildman–Crippen MR) is 159 cm³/mol. The van der Waals surface area contributed by atoms with Crippen LogP contribution in [0.1, 0.15) is 39.2 Å². The average Bonchev–Trinajstić information content (AvgIpc) is 2.99. The van der Waals surface area contributed by atoms with E-state index in [-0.39, 0.29) is 23.0 Å². The van der Waals surface area contributed by atoms with E-state index in [4.69, 9.17) is 9.47 Å². The van der Waals surface area contributed by atoms with E-state index >= 15 is 0 Å². The predicted octanol–water partition coefficient (Wildman–Crippen LogP) is 4.76. The number of hydrogen-bond donors (Lipinski definition) is 1. The number of methoxy groups -OCH3 is 1. The molecule has 0 unspecified atom stereocenters. The zero-order valence-electron chi connectivity index (χ0n) is 24.4. The van der Waals surface area contributed by atoms with Gasteiger partial charge in [0.1, 0.15) is 29.9 Å². The van der Waals surface area contributed by atoms with Crippen molar-refractivity contribution in [1.82, 2.24) is 10.2 Å². The van der Waals surface area contributed by atoms with Crippen LogP contribution in [0.2, 0.25) is 0 Å². The molecular formula is C31H38FN3O6S. The number of nitrogens with one attached hydrogen (secondary N) is 1. The fraction of sp³-hybridized carbons (Fsp3) is 0.355. The number of rotatable bonds is 15. The van der Waals surface area contributed by atoms with Gasteiger partial charge in [0.25, 0.3) is 10.0 Å². The molecule has 0 heterocycles. The number of anilines is 1. The molecule has 9 nitrogen and oxygen atoms in total. The Morgan fingerprint density at radius 3 is 2.12 bits per heavy atom. The van der Waals surface area contributed by atoms with Crippen molar-refractivity contribution < 1.29 is 31.9 Å². The van der Waals surface area contributed by atoms with Crippen LogP contribution in [-0.4, -0.2) is 58.0 Å². The first kappa shape index (κ1) is 32.4. The summed E-state index contributed by atoms with van der Waals surface area (Å²) in [5.41, 5.74) is 0.822. The minimum atomic E-state index is -4.28. The lowest BCUT2D eigenvalue weighted by atomic mass is 10.1. The van der Waals surface area contributed by atoms with Crippen molar-refractivity contribution in [2.75, 3.05) is 31.1 Å². The minimum Gasteiger partial charge on any atom is -0.497 e. The summed E-state index contributed by atoms with van der Waals surface area (Å²) in [7, 11) is -2.74. The van der Waals surface area contributed by atoms with Crippen molar-refractivity contribution in [3.63, 3.8) is 0 Å². The van der Waals surface area contributed by atoms with Gasteiger partial charge in [0.05, 0.1) is 24.3 Å². The van der Waals surface area contributed by atoms with Crippen LogP contribution in [0, 0.1) is 5.82 Å². The maximum Gasteiger partial charge on any atom is 0.264 e. The van der Waals surface area contributed by atoms with Crippen molar-refractivity contribution in [3.8, 4) is 11.5 Å². The van der Waals surface area contributed by atoms with Gasteiger partial charge >= 0.3 is 0 Å². The third kappa shape index (κ3) is 8.45. The van der Waals surface area contributed by atoms with E-state index in [1.807, 2.05) is 13.8 Å². The van der Waals surface area contributed by atoms with E-state index in [1.54, 1.807) is 38.3 Å². The summed E-state index contributed by atoms with van der Waals surface area (Å²) >= 11 is 0. The van der Waals surface area contributed by atoms with Gasteiger partial charge in [0, 0.05) is 13.1 Å². The van der Waals surface area contributed by atoms with Crippen LogP contribution in [0.25, 0.3) is 0 Å². The van der Waals surface area contributed by atoms with Gasteiger partial charge in [0.15, 0.2) is 0 Å². The molecule has 0 aliphatic carbocycles. The summed E-state index contributed by atoms with van der Waals surface area (Å²) in [4.78, 5) is 28.2. The molecule has 0 saturated carbocycles. The highest BCUT2D eigenvalue weighted by atomic mass is 32.2. The van der Waals surface area contributed by atoms with Gasteiger partial charge in [-0.25, -0.2) is 12.8 Å². The van der Waals surface area contributed by atoms with Gasteiger partial charge in [-0.3, -0.25) is 13.9 Å². The molecule has 0 radical (unpaired) electrons. The lowest BCUT2D eigenvalue weighted by Gasteiger charge is -2.32. The van der Waals surface area contributed by atoms with Crippen LogP contribution < -0.4 is 19.1 Å². The fourth-order valence-corrected chi connectivity index (χ4v) is 5.60. The number of halogens is 1. The Balaban J connectivity index is 1.98. The number of amides is 2. The number of carbonyl (C=O) groups is 2. The Kier molecular flexibility index (Phi) is 11.7. The average molecular weight is 600 g/mol. The molecule has 0 fully saturated rings. The SMILES string of the molecule is CCCCNC(=O)[C@H](C)N(Cc1ccc(OC)cc1)C(=O)CN(c1ccc(F)cc1)S(=O)(=O)c1ccc(OCC)cc1. The smallest absolute Gasteiger partial charge is 0.264 e. The lowest BCUT2D eigenvalue weighted by molar-refractivity contribution is -0.139. The first-order valence-electron chi connectivity index (χ1n) is 13.8. The van der Waals surface area contributed by atoms with Gasteiger partial charge in [-0.1, -0.05) is 25.5 Å². The molecule has 3 rings (SSSR count). The zero-order chi connectivity index (χ0) is 30.7. The van der Waals surface area contributed by atoms with Crippen LogP contribution in [0.5, 0.6) is 11.5 Å². The summed E-state index contributed by atoms with van der Waals surface area (Å²) in [6, 6.07) is 16.8. The molecule has 0 aliphatic rings. The Hall–Kier alpha value is -4.12. The number of carbonyl (C=O) groups excluding carboxylic acids is 2. The van der Waals surface area contributed by atoms with Gasteiger partial charge in [-0.2, -0.15) is 0 Å². The largest absolute Gasteiger partial charge is 0.497 e. The maximum atomic E-state index is 13.9. The van der Waals surface area contributed by atoms with Crippen LogP contribution in [0.4, 0.5) is 10.1 Å². The second kappa shape index (κ2) is 15.2. The van der Waals surface area contributed by atoms with Crippen LogP contribution in [-0.2, 0) is 26.2 Å². The van der Waals surface area contributed by atoms with E-state index in [0.717, 1.165) is 34.8 Å². The van der Waals surface area contributed by atoms with Gasteiger partial charge in [-0.15, -0.1) is 0 Å². The van der Waals surface area contributed by atoms with Gasteiger partial charge in [0.2, 0.25) is 11.8 Å². The summed E-state index contributed by atoms with van der Waals surface area (Å²) in [6.07, 6.45) is 1.67. The first-order valence-corrected chi connectivity index (χ1v) is 15.3. The number of sulfonamides is 1. The summed E-state index contributed by atoms with van der Waals surface area (Å²) in [5.74, 6) is -0.391. The highest BCUT2D eigenvalue weighted by Crippen LogP contribution is 2.26. The maximum absolute atomic E-state index is 13.9. The van der Waals surface area contributed by atoms with Crippen LogP contribution >= 0.6 is 0 Å². The molecule has 0 aromatic heterocycles. The third-order valence-electron chi connectivity index (χ3n) is 6.63. The summed E-state index contributed by atoms with van der Waals surface area (Å²) < 4.78 is 53.1. The number of hydrogen-bond acceptors (Lipinski definition) is 6. The van der Waals surface area contributed by atoms with E-state index in [9.17, 15) is 22.4 Å². The summed E-state index contributed by atoms with van der Waals surface area (Å²) in [5, 5.41) is 2.85. The molecule has 1 atom stereocenters. The number of unbranched alkanes of at least 4 members (excludes halogenated alkanes) is 1. The molecule has 226 valence electrons. The Labute approximate surface area is 247 Å². The van der Waals surface area contributed by atoms with Crippen LogP contribution in [0.15, 0.2) is 77.7 Å². The highest BCUT2D eigenvalue weighted by molar-refractivity contribution is 7.92. The molecule has 11 heteroatoms. The van der Waals surface area contributed by atoms with Crippen molar-refractivity contribution in [2.45, 2.75) is 51.1 Å². The third-order valence-corrected chi connectivity index (χ3v) is 8.41. The quantitative estimate of drug-likeness (QED) is 0.253. The minimum absolute atomic E-state index is 0.0472. The molecule has 2 amide bonds. The Morgan fingerprint density at radius 2 is 1.55 bits per heavy atom. The number of nitrogens with zero attached hydrogens (tertiary/aromatic N) is 2. The monoisotopic (exact) mass is 599 g/mol. The van der Waals surface area contributed by atoms with E-state index in [1.165, 1.54) is 41.3 Å². The second-order valence-electron chi connectivity index (χ2n) is 9.58. The molecule has 0 bridgehead atoms. The number of ether oxygens (including phenoxy) is 2. The normalized spacial score (nSPS) is 11.8. The molecule has 0 saturated heterocycles. The fourth-order valence-electron chi connectivity index (χ4n) is 4.18. The molecule has 1 N–H and O–H groups in total. The lowest BCUT2D eigenvalue weighted by Crippen LogP contribution is -2.51. The van der Waals surface area contributed by atoms with Crippen molar-refractivity contribution in [1.29, 1.82) is 0 Å². The standard InChI is InChI=1S/C31H38FN3O6S/c1-5-7-20-33-31(37)23(3)34(21-24-8-14-27(40-4)15-9-24)30(36)22-35(26-12-10-25(32)11-13-26)42(38,39)29-18-16-28(17-19-29)41-6-2/h8-19,23H,5-7,20-22H2,1-4H3,(H,33,37)/t23-/m0/s1. The topological polar surface area (TPSA) is 105 Å². The van der Waals surface area contributed by atoms with E-state index < -0.39 is 34.3 Å². The Bertz CT molecular complexity index is 1410. The van der Waals surface area contributed by atoms with Crippen molar-refractivity contribution in [2.24, 2.45) is 0 Å². The zero-order valence-corrected chi connectivity index (χ0v) is 25.2. The molecule has 3 aromatic rings. The van der Waals surface area contributed by atoms with Gasteiger partial charge in [-0.05, 0) is 86.5 Å². The molecule has 42 heavy (non-hydrogen) atoms. The molecule has 3 aromatic carbocycles. The van der Waals surface area contributed by atoms with E-state index in [0.29, 0.717) is 24.7 Å². The highest BCUT2D eigenvalue weighted by Gasteiger charge is 2.32. The van der Waals surface area contributed by atoms with Gasteiger partial charge < -0.3 is 19.7 Å². The molecular weight excluding hydrogens is 561 g/mol. The Morgan fingerprint density at radius 1 is 0.929 bits per heavy atom. The summed E-state index contributed by atoms with van der Waals surface area (Å²) in [6.45, 7) is 5.72. The van der Waals surface area contributed by atoms with E-state index in [2.05, 4.69) is 5.32 Å². The number of benzene rings is 3. The first-order chi connectivity index (χ1) is 20.1. The molecule has 0 spiro atoms. The van der Waals surface area contributed by atoms with Crippen molar-refractivity contribution >= 4 is 27.5 Å².